The van der Waals surface area contributed by atoms with Crippen molar-refractivity contribution in [3.05, 3.63) is 18.6 Å². The third-order valence-corrected chi connectivity index (χ3v) is 2.40. The second kappa shape index (κ2) is 5.97. The first-order chi connectivity index (χ1) is 8.40. The molecule has 0 aromatic carbocycles. The quantitative estimate of drug-likeness (QED) is 0.718. The fourth-order valence-corrected chi connectivity index (χ4v) is 1.58. The van der Waals surface area contributed by atoms with E-state index in [1.807, 2.05) is 15.6 Å². The number of hydrogen-bond donors (Lipinski definition) is 1. The molecule has 2 aromatic rings. The molecule has 0 saturated heterocycles. The molecule has 0 radical (unpaired) electrons. The summed E-state index contributed by atoms with van der Waals surface area (Å²) in [4.78, 5) is 0. The summed E-state index contributed by atoms with van der Waals surface area (Å²) in [5, 5.41) is 18.9. The number of nitrogens with zero attached hydrogens (tertiary/aromatic N) is 6. The van der Waals surface area contributed by atoms with Gasteiger partial charge in [-0.15, -0.1) is 10.2 Å². The lowest BCUT2D eigenvalue weighted by Gasteiger charge is -2.07. The Labute approximate surface area is 99.8 Å². The Balaban J connectivity index is 1.72. The van der Waals surface area contributed by atoms with Crippen LogP contribution in [0.25, 0.3) is 0 Å². The molecule has 0 spiro atoms. The highest BCUT2D eigenvalue weighted by atomic mass is 15.5. The van der Waals surface area contributed by atoms with E-state index in [2.05, 4.69) is 32.9 Å². The molecule has 0 aliphatic rings. The predicted molar refractivity (Wildman–Crippen MR) is 63.4 cm³/mol. The SMILES string of the molecule is CCCn1nncc1NCCCn1ccnn1. The van der Waals surface area contributed by atoms with Crippen molar-refractivity contribution in [3.8, 4) is 0 Å². The van der Waals surface area contributed by atoms with Gasteiger partial charge < -0.3 is 5.32 Å². The molecule has 0 aliphatic heterocycles. The molecule has 1 N–H and O–H groups in total. The van der Waals surface area contributed by atoms with Crippen LogP contribution in [0.3, 0.4) is 0 Å². The van der Waals surface area contributed by atoms with Gasteiger partial charge in [0.25, 0.3) is 0 Å². The summed E-state index contributed by atoms with van der Waals surface area (Å²) >= 11 is 0. The average molecular weight is 235 g/mol. The maximum atomic E-state index is 4.01. The lowest BCUT2D eigenvalue weighted by molar-refractivity contribution is 0.562. The van der Waals surface area contributed by atoms with E-state index in [9.17, 15) is 0 Å². The average Bonchev–Trinajstić information content (AvgIpc) is 2.96. The van der Waals surface area contributed by atoms with E-state index >= 15 is 0 Å². The number of nitrogens with one attached hydrogen (secondary N) is 1. The number of hydrogen-bond acceptors (Lipinski definition) is 5. The molecule has 2 rings (SSSR count). The van der Waals surface area contributed by atoms with Gasteiger partial charge in [0.15, 0.2) is 0 Å². The highest BCUT2D eigenvalue weighted by Gasteiger charge is 2.01. The van der Waals surface area contributed by atoms with Crippen molar-refractivity contribution in [2.24, 2.45) is 0 Å². The van der Waals surface area contributed by atoms with E-state index in [1.165, 1.54) is 0 Å². The maximum Gasteiger partial charge on any atom is 0.144 e. The zero-order chi connectivity index (χ0) is 11.9. The van der Waals surface area contributed by atoms with Gasteiger partial charge >= 0.3 is 0 Å². The van der Waals surface area contributed by atoms with Crippen molar-refractivity contribution in [3.63, 3.8) is 0 Å². The molecule has 7 nitrogen and oxygen atoms in total. The summed E-state index contributed by atoms with van der Waals surface area (Å²) in [6.45, 7) is 4.75. The Morgan fingerprint density at radius 1 is 1.24 bits per heavy atom. The molecular weight excluding hydrogens is 218 g/mol. The summed E-state index contributed by atoms with van der Waals surface area (Å²) in [5.74, 6) is 0.977. The van der Waals surface area contributed by atoms with E-state index in [-0.39, 0.29) is 0 Å². The first-order valence-corrected chi connectivity index (χ1v) is 5.86. The summed E-state index contributed by atoms with van der Waals surface area (Å²) in [6, 6.07) is 0. The van der Waals surface area contributed by atoms with Crippen LogP contribution in [0.15, 0.2) is 18.6 Å². The fraction of sp³-hybridized carbons (Fsp3) is 0.600. The topological polar surface area (TPSA) is 73.5 Å². The minimum absolute atomic E-state index is 0.863. The fourth-order valence-electron chi connectivity index (χ4n) is 1.58. The van der Waals surface area contributed by atoms with Gasteiger partial charge in [0.05, 0.1) is 12.4 Å². The molecule has 2 heterocycles. The van der Waals surface area contributed by atoms with E-state index in [4.69, 9.17) is 0 Å². The smallest absolute Gasteiger partial charge is 0.144 e. The lowest BCUT2D eigenvalue weighted by Crippen LogP contribution is -2.11. The van der Waals surface area contributed by atoms with Gasteiger partial charge in [-0.1, -0.05) is 17.4 Å². The first kappa shape index (κ1) is 11.6. The monoisotopic (exact) mass is 235 g/mol. The van der Waals surface area contributed by atoms with Crippen LogP contribution in [-0.2, 0) is 13.1 Å². The number of aryl methyl sites for hydroxylation is 2. The van der Waals surface area contributed by atoms with Gasteiger partial charge in [0.2, 0.25) is 0 Å². The number of anilines is 1. The molecule has 0 fully saturated rings. The van der Waals surface area contributed by atoms with Gasteiger partial charge in [-0.2, -0.15) is 0 Å². The zero-order valence-corrected chi connectivity index (χ0v) is 9.95. The Bertz CT molecular complexity index is 420. The normalized spacial score (nSPS) is 10.6. The Morgan fingerprint density at radius 3 is 2.94 bits per heavy atom. The summed E-state index contributed by atoms with van der Waals surface area (Å²) in [5.41, 5.74) is 0. The molecule has 92 valence electrons. The molecule has 0 bridgehead atoms. The van der Waals surface area contributed by atoms with Crippen LogP contribution in [0.1, 0.15) is 19.8 Å². The molecular formula is C10H17N7. The molecule has 7 heteroatoms. The number of rotatable bonds is 7. The van der Waals surface area contributed by atoms with E-state index in [1.54, 1.807) is 12.4 Å². The van der Waals surface area contributed by atoms with Crippen molar-refractivity contribution in [2.45, 2.75) is 32.9 Å². The highest BCUT2D eigenvalue weighted by molar-refractivity contribution is 5.30. The van der Waals surface area contributed by atoms with Crippen LogP contribution in [0, 0.1) is 0 Å². The van der Waals surface area contributed by atoms with Crippen LogP contribution in [0.4, 0.5) is 5.82 Å². The molecule has 17 heavy (non-hydrogen) atoms. The predicted octanol–water partition coefficient (Wildman–Crippen LogP) is 0.782. The molecule has 2 aromatic heterocycles. The highest BCUT2D eigenvalue weighted by Crippen LogP contribution is 2.04. The maximum absolute atomic E-state index is 4.01. The van der Waals surface area contributed by atoms with Crippen LogP contribution < -0.4 is 5.32 Å². The van der Waals surface area contributed by atoms with Crippen molar-refractivity contribution in [2.75, 3.05) is 11.9 Å². The minimum atomic E-state index is 0.863. The van der Waals surface area contributed by atoms with E-state index < -0.39 is 0 Å². The van der Waals surface area contributed by atoms with Crippen molar-refractivity contribution in [1.29, 1.82) is 0 Å². The molecule has 0 aliphatic carbocycles. The van der Waals surface area contributed by atoms with E-state index in [0.29, 0.717) is 0 Å². The van der Waals surface area contributed by atoms with Crippen LogP contribution in [0.5, 0.6) is 0 Å². The van der Waals surface area contributed by atoms with Gasteiger partial charge in [0.1, 0.15) is 5.82 Å². The minimum Gasteiger partial charge on any atom is -0.369 e. The Kier molecular flexibility index (Phi) is 4.06. The van der Waals surface area contributed by atoms with Crippen LogP contribution >= 0.6 is 0 Å². The standard InChI is InChI=1S/C10H17N7/c1-2-6-17-10(9-13-15-17)11-4-3-7-16-8-5-12-14-16/h5,8-9,11H,2-4,6-7H2,1H3. The molecule has 0 amide bonds. The number of aromatic nitrogens is 6. The summed E-state index contributed by atoms with van der Waals surface area (Å²) in [6.07, 6.45) is 7.35. The van der Waals surface area contributed by atoms with Crippen molar-refractivity contribution < 1.29 is 0 Å². The van der Waals surface area contributed by atoms with Crippen LogP contribution in [0.2, 0.25) is 0 Å². The molecule has 0 saturated carbocycles. The largest absolute Gasteiger partial charge is 0.369 e. The third-order valence-electron chi connectivity index (χ3n) is 2.40. The van der Waals surface area contributed by atoms with E-state index in [0.717, 1.165) is 38.3 Å². The molecule has 0 atom stereocenters. The molecule has 0 unspecified atom stereocenters. The second-order valence-corrected chi connectivity index (χ2v) is 3.79. The Hall–Kier alpha value is -1.92. The third kappa shape index (κ3) is 3.27. The zero-order valence-electron chi connectivity index (χ0n) is 9.95. The summed E-state index contributed by atoms with van der Waals surface area (Å²) < 4.78 is 3.71. The van der Waals surface area contributed by atoms with Gasteiger partial charge in [-0.3, -0.25) is 4.68 Å². The van der Waals surface area contributed by atoms with Crippen LogP contribution in [-0.4, -0.2) is 36.5 Å². The van der Waals surface area contributed by atoms with Gasteiger partial charge in [0, 0.05) is 25.8 Å². The van der Waals surface area contributed by atoms with Crippen molar-refractivity contribution >= 4 is 5.82 Å². The van der Waals surface area contributed by atoms with Crippen molar-refractivity contribution in [1.82, 2.24) is 30.0 Å². The van der Waals surface area contributed by atoms with Gasteiger partial charge in [-0.25, -0.2) is 4.68 Å². The lowest BCUT2D eigenvalue weighted by atomic mass is 10.4. The first-order valence-electron chi connectivity index (χ1n) is 5.86. The Morgan fingerprint density at radius 2 is 2.18 bits per heavy atom. The summed E-state index contributed by atoms with van der Waals surface area (Å²) in [7, 11) is 0. The second-order valence-electron chi connectivity index (χ2n) is 3.79. The van der Waals surface area contributed by atoms with Gasteiger partial charge in [-0.05, 0) is 12.8 Å².